The Morgan fingerprint density at radius 1 is 1.24 bits per heavy atom. The van der Waals surface area contributed by atoms with Gasteiger partial charge in [-0.25, -0.2) is 4.79 Å². The van der Waals surface area contributed by atoms with Crippen LogP contribution in [0.5, 0.6) is 0 Å². The van der Waals surface area contributed by atoms with Crippen molar-refractivity contribution in [3.05, 3.63) is 29.3 Å². The van der Waals surface area contributed by atoms with Crippen LogP contribution >= 0.6 is 0 Å². The number of alkyl carbamates (subject to hydrolysis) is 1. The van der Waals surface area contributed by atoms with Crippen LogP contribution in [0.2, 0.25) is 0 Å². The van der Waals surface area contributed by atoms with E-state index in [4.69, 9.17) is 9.84 Å². The molecule has 0 bridgehead atoms. The van der Waals surface area contributed by atoms with Gasteiger partial charge in [-0.15, -0.1) is 0 Å². The Kier molecular flexibility index (Phi) is 6.84. The predicted molar refractivity (Wildman–Crippen MR) is 105 cm³/mol. The first kappa shape index (κ1) is 22.2. The molecule has 2 rings (SSSR count). The lowest BCUT2D eigenvalue weighted by Gasteiger charge is -2.19. The van der Waals surface area contributed by atoms with E-state index in [-0.39, 0.29) is 18.9 Å². The summed E-state index contributed by atoms with van der Waals surface area (Å²) >= 11 is 0. The number of aliphatic carboxylic acids is 1. The van der Waals surface area contributed by atoms with E-state index in [1.54, 1.807) is 46.0 Å². The van der Waals surface area contributed by atoms with Crippen molar-refractivity contribution >= 4 is 29.6 Å². The Morgan fingerprint density at radius 2 is 1.93 bits per heavy atom. The first-order chi connectivity index (χ1) is 13.4. The molecule has 1 heterocycles. The minimum absolute atomic E-state index is 0.212. The SMILES string of the molecule is CN1Cc2cc(NC(=O)CNC(=O)OC(C)(C)C)ccc2CC(CC(=O)O)C1=O. The molecular formula is C20H27N3O6. The Morgan fingerprint density at radius 3 is 2.55 bits per heavy atom. The van der Waals surface area contributed by atoms with E-state index >= 15 is 0 Å². The molecule has 1 aliphatic rings. The monoisotopic (exact) mass is 405 g/mol. The molecule has 1 aromatic carbocycles. The summed E-state index contributed by atoms with van der Waals surface area (Å²) in [5, 5.41) is 14.1. The molecule has 1 atom stereocenters. The molecule has 1 aromatic rings. The fourth-order valence-electron chi connectivity index (χ4n) is 3.09. The number of ether oxygens (including phenoxy) is 1. The van der Waals surface area contributed by atoms with E-state index in [2.05, 4.69) is 10.6 Å². The standard InChI is InChI=1S/C20H27N3O6/c1-20(2,3)29-19(28)21-10-16(24)22-15-6-5-12-7-13(9-17(25)26)18(27)23(4)11-14(12)8-15/h5-6,8,13H,7,9-11H2,1-4H3,(H,21,28)(H,22,24)(H,25,26). The molecule has 0 fully saturated rings. The van der Waals surface area contributed by atoms with E-state index < -0.39 is 29.5 Å². The molecule has 9 nitrogen and oxygen atoms in total. The highest BCUT2D eigenvalue weighted by Crippen LogP contribution is 2.26. The average Bonchev–Trinajstić information content (AvgIpc) is 2.69. The second kappa shape index (κ2) is 8.93. The van der Waals surface area contributed by atoms with Crippen LogP contribution in [0.3, 0.4) is 0 Å². The largest absolute Gasteiger partial charge is 0.481 e. The molecule has 0 aromatic heterocycles. The highest BCUT2D eigenvalue weighted by atomic mass is 16.6. The molecule has 158 valence electrons. The number of anilines is 1. The molecular weight excluding hydrogens is 378 g/mol. The topological polar surface area (TPSA) is 125 Å². The van der Waals surface area contributed by atoms with Crippen LogP contribution in [0, 0.1) is 5.92 Å². The molecule has 0 saturated carbocycles. The van der Waals surface area contributed by atoms with E-state index in [9.17, 15) is 19.2 Å². The van der Waals surface area contributed by atoms with Gasteiger partial charge < -0.3 is 25.4 Å². The molecule has 0 spiro atoms. The summed E-state index contributed by atoms with van der Waals surface area (Å²) in [6, 6.07) is 5.24. The number of rotatable bonds is 5. The van der Waals surface area contributed by atoms with Crippen molar-refractivity contribution < 1.29 is 29.0 Å². The maximum absolute atomic E-state index is 12.4. The van der Waals surface area contributed by atoms with Crippen molar-refractivity contribution in [3.8, 4) is 0 Å². The number of nitrogens with zero attached hydrogens (tertiary/aromatic N) is 1. The number of amides is 3. The molecule has 0 radical (unpaired) electrons. The third kappa shape index (κ3) is 6.78. The second-order valence-electron chi connectivity index (χ2n) is 8.08. The summed E-state index contributed by atoms with van der Waals surface area (Å²) in [5.41, 5.74) is 1.59. The first-order valence-corrected chi connectivity index (χ1v) is 9.30. The number of carboxylic acid groups (broad SMARTS) is 1. The first-order valence-electron chi connectivity index (χ1n) is 9.30. The quantitative estimate of drug-likeness (QED) is 0.685. The van der Waals surface area contributed by atoms with Gasteiger partial charge in [0.1, 0.15) is 12.1 Å². The molecule has 1 aliphatic heterocycles. The third-order valence-corrected chi connectivity index (χ3v) is 4.30. The van der Waals surface area contributed by atoms with Crippen LogP contribution in [0.1, 0.15) is 38.3 Å². The normalized spacial score (nSPS) is 16.5. The van der Waals surface area contributed by atoms with Crippen molar-refractivity contribution in [1.82, 2.24) is 10.2 Å². The van der Waals surface area contributed by atoms with Crippen LogP contribution in [-0.2, 0) is 32.1 Å². The zero-order chi connectivity index (χ0) is 21.8. The minimum Gasteiger partial charge on any atom is -0.481 e. The zero-order valence-electron chi connectivity index (χ0n) is 17.1. The van der Waals surface area contributed by atoms with Gasteiger partial charge in [0, 0.05) is 19.3 Å². The second-order valence-corrected chi connectivity index (χ2v) is 8.08. The van der Waals surface area contributed by atoms with Gasteiger partial charge in [-0.3, -0.25) is 14.4 Å². The van der Waals surface area contributed by atoms with Gasteiger partial charge in [-0.05, 0) is 50.5 Å². The lowest BCUT2D eigenvalue weighted by molar-refractivity contribution is -0.143. The van der Waals surface area contributed by atoms with Gasteiger partial charge in [0.05, 0.1) is 12.3 Å². The van der Waals surface area contributed by atoms with Gasteiger partial charge in [-0.1, -0.05) is 6.07 Å². The number of hydrogen-bond acceptors (Lipinski definition) is 5. The molecule has 1 unspecified atom stereocenters. The van der Waals surface area contributed by atoms with Crippen LogP contribution in [-0.4, -0.2) is 53.1 Å². The number of carbonyl (C=O) groups is 4. The number of carboxylic acids is 1. The van der Waals surface area contributed by atoms with Crippen molar-refractivity contribution in [1.29, 1.82) is 0 Å². The zero-order valence-corrected chi connectivity index (χ0v) is 17.1. The Hall–Kier alpha value is -3.10. The van der Waals surface area contributed by atoms with E-state index in [1.807, 2.05) is 0 Å². The van der Waals surface area contributed by atoms with Gasteiger partial charge >= 0.3 is 12.1 Å². The predicted octanol–water partition coefficient (Wildman–Crippen LogP) is 1.76. The summed E-state index contributed by atoms with van der Waals surface area (Å²) in [4.78, 5) is 48.7. The van der Waals surface area contributed by atoms with Crippen LogP contribution < -0.4 is 10.6 Å². The molecule has 9 heteroatoms. The summed E-state index contributed by atoms with van der Waals surface area (Å²) < 4.78 is 5.08. The molecule has 0 saturated heterocycles. The van der Waals surface area contributed by atoms with Crippen molar-refractivity contribution in [2.24, 2.45) is 5.92 Å². The minimum atomic E-state index is -1.01. The number of carbonyl (C=O) groups excluding carboxylic acids is 3. The lowest BCUT2D eigenvalue weighted by Crippen LogP contribution is -2.37. The molecule has 29 heavy (non-hydrogen) atoms. The van der Waals surface area contributed by atoms with Gasteiger partial charge in [0.15, 0.2) is 0 Å². The van der Waals surface area contributed by atoms with Crippen molar-refractivity contribution in [3.63, 3.8) is 0 Å². The van der Waals surface area contributed by atoms with Crippen LogP contribution in [0.15, 0.2) is 18.2 Å². The van der Waals surface area contributed by atoms with Gasteiger partial charge in [0.25, 0.3) is 0 Å². The van der Waals surface area contributed by atoms with E-state index in [0.717, 1.165) is 11.1 Å². The van der Waals surface area contributed by atoms with Crippen molar-refractivity contribution in [2.75, 3.05) is 18.9 Å². The van der Waals surface area contributed by atoms with Gasteiger partial charge in [0.2, 0.25) is 11.8 Å². The molecule has 0 aliphatic carbocycles. The Balaban J connectivity index is 2.02. The molecule has 3 amide bonds. The summed E-state index contributed by atoms with van der Waals surface area (Å²) in [5.74, 6) is -2.26. The summed E-state index contributed by atoms with van der Waals surface area (Å²) in [7, 11) is 1.63. The smallest absolute Gasteiger partial charge is 0.408 e. The molecule has 3 N–H and O–H groups in total. The highest BCUT2D eigenvalue weighted by Gasteiger charge is 2.29. The summed E-state index contributed by atoms with van der Waals surface area (Å²) in [6.45, 7) is 5.26. The average molecular weight is 405 g/mol. The Labute approximate surface area is 169 Å². The number of hydrogen-bond donors (Lipinski definition) is 3. The van der Waals surface area contributed by atoms with Crippen LogP contribution in [0.4, 0.5) is 10.5 Å². The number of nitrogens with one attached hydrogen (secondary N) is 2. The van der Waals surface area contributed by atoms with Gasteiger partial charge in [-0.2, -0.15) is 0 Å². The van der Waals surface area contributed by atoms with Crippen molar-refractivity contribution in [2.45, 2.75) is 45.8 Å². The fourth-order valence-corrected chi connectivity index (χ4v) is 3.09. The van der Waals surface area contributed by atoms with E-state index in [0.29, 0.717) is 18.7 Å². The fraction of sp³-hybridized carbons (Fsp3) is 0.500. The number of fused-ring (bicyclic) bond motifs is 1. The number of benzene rings is 1. The highest BCUT2D eigenvalue weighted by molar-refractivity contribution is 5.94. The maximum Gasteiger partial charge on any atom is 0.408 e. The summed E-state index contributed by atoms with van der Waals surface area (Å²) in [6.07, 6.45) is -0.574. The van der Waals surface area contributed by atoms with Crippen LogP contribution in [0.25, 0.3) is 0 Å². The third-order valence-electron chi connectivity index (χ3n) is 4.30. The lowest BCUT2D eigenvalue weighted by atomic mass is 9.94. The maximum atomic E-state index is 12.4. The Bertz CT molecular complexity index is 815. The van der Waals surface area contributed by atoms with E-state index in [1.165, 1.54) is 4.90 Å².